The summed E-state index contributed by atoms with van der Waals surface area (Å²) in [5, 5.41) is 9.70. The van der Waals surface area contributed by atoms with Gasteiger partial charge in [0.1, 0.15) is 6.10 Å². The molecule has 1 amide bonds. The summed E-state index contributed by atoms with van der Waals surface area (Å²) in [6, 6.07) is 13.5. The van der Waals surface area contributed by atoms with E-state index in [1.165, 1.54) is 12.1 Å². The summed E-state index contributed by atoms with van der Waals surface area (Å²) in [6.45, 7) is 8.40. The Labute approximate surface area is 204 Å². The maximum Gasteiger partial charge on any atom is 0.416 e. The molecule has 1 unspecified atom stereocenters. The van der Waals surface area contributed by atoms with E-state index in [0.29, 0.717) is 18.0 Å². The maximum absolute atomic E-state index is 13.0. The molecule has 1 aliphatic heterocycles. The molecule has 35 heavy (non-hydrogen) atoms. The maximum atomic E-state index is 13.0. The molecular weight excluding hydrogens is 455 g/mol. The average molecular weight is 490 g/mol. The third-order valence-electron chi connectivity index (χ3n) is 6.82. The number of carbonyl (C=O) groups is 1. The molecule has 8 heteroatoms. The van der Waals surface area contributed by atoms with Crippen molar-refractivity contribution in [3.63, 3.8) is 0 Å². The third kappa shape index (κ3) is 6.76. The van der Waals surface area contributed by atoms with Crippen molar-refractivity contribution in [1.29, 1.82) is 0 Å². The zero-order chi connectivity index (χ0) is 25.2. The van der Waals surface area contributed by atoms with Crippen LogP contribution in [0.5, 0.6) is 0 Å². The van der Waals surface area contributed by atoms with Gasteiger partial charge in [-0.3, -0.25) is 0 Å². The number of carbonyl (C=O) groups excluding carboxylic acids is 1. The first kappa shape index (κ1) is 25.5. The minimum absolute atomic E-state index is 0.114. The number of ether oxygens (including phenoxy) is 1. The Morgan fingerprint density at radius 1 is 1.11 bits per heavy atom. The van der Waals surface area contributed by atoms with Crippen molar-refractivity contribution >= 4 is 6.09 Å². The van der Waals surface area contributed by atoms with Gasteiger partial charge in [-0.25, -0.2) is 4.79 Å². The Kier molecular flexibility index (Phi) is 7.43. The van der Waals surface area contributed by atoms with Gasteiger partial charge in [-0.1, -0.05) is 57.2 Å². The average Bonchev–Trinajstić information content (AvgIpc) is 3.40. The van der Waals surface area contributed by atoms with E-state index in [0.717, 1.165) is 43.1 Å². The number of hydrogen-bond donors (Lipinski definition) is 3. The van der Waals surface area contributed by atoms with Gasteiger partial charge in [0.2, 0.25) is 0 Å². The zero-order valence-corrected chi connectivity index (χ0v) is 20.4. The Morgan fingerprint density at radius 2 is 1.86 bits per heavy atom. The smallest absolute Gasteiger partial charge is 0.416 e. The van der Waals surface area contributed by atoms with Gasteiger partial charge in [-0.05, 0) is 48.2 Å². The monoisotopic (exact) mass is 489 g/mol. The number of alkyl carbamates (subject to hydrolysis) is 1. The highest BCUT2D eigenvalue weighted by molar-refractivity contribution is 5.68. The van der Waals surface area contributed by atoms with Crippen molar-refractivity contribution < 1.29 is 22.7 Å². The largest absolute Gasteiger partial charge is 0.444 e. The number of rotatable bonds is 7. The van der Waals surface area contributed by atoms with Crippen LogP contribution < -0.4 is 16.0 Å². The van der Waals surface area contributed by atoms with Gasteiger partial charge in [-0.15, -0.1) is 0 Å². The van der Waals surface area contributed by atoms with Crippen LogP contribution in [0.3, 0.4) is 0 Å². The molecule has 4 rings (SSSR count). The third-order valence-corrected chi connectivity index (χ3v) is 6.82. The minimum Gasteiger partial charge on any atom is -0.444 e. The van der Waals surface area contributed by atoms with E-state index in [1.54, 1.807) is 6.07 Å². The summed E-state index contributed by atoms with van der Waals surface area (Å²) in [5.74, 6) is 0.338. The molecule has 2 aromatic rings. The van der Waals surface area contributed by atoms with Crippen molar-refractivity contribution in [2.24, 2.45) is 5.41 Å². The fourth-order valence-electron chi connectivity index (χ4n) is 4.48. The fraction of sp³-hybridized carbons (Fsp3) is 0.519. The van der Waals surface area contributed by atoms with E-state index < -0.39 is 11.7 Å². The second kappa shape index (κ2) is 10.2. The topological polar surface area (TPSA) is 62.4 Å². The minimum atomic E-state index is -4.36. The lowest BCUT2D eigenvalue weighted by Crippen LogP contribution is -2.45. The lowest BCUT2D eigenvalue weighted by molar-refractivity contribution is -0.137. The Morgan fingerprint density at radius 3 is 2.49 bits per heavy atom. The summed E-state index contributed by atoms with van der Waals surface area (Å²) in [6.07, 6.45) is -3.13. The van der Waals surface area contributed by atoms with Gasteiger partial charge >= 0.3 is 12.3 Å². The number of hydrogen-bond acceptors (Lipinski definition) is 4. The van der Waals surface area contributed by atoms with E-state index in [2.05, 4.69) is 36.7 Å². The van der Waals surface area contributed by atoms with E-state index >= 15 is 0 Å². The van der Waals surface area contributed by atoms with Crippen molar-refractivity contribution in [2.75, 3.05) is 19.6 Å². The molecule has 3 N–H and O–H groups in total. The molecule has 0 radical (unpaired) electrons. The van der Waals surface area contributed by atoms with E-state index in [1.807, 2.05) is 24.3 Å². The van der Waals surface area contributed by atoms with Crippen molar-refractivity contribution in [3.8, 4) is 11.1 Å². The van der Waals surface area contributed by atoms with Crippen LogP contribution >= 0.6 is 0 Å². The molecule has 0 aromatic heterocycles. The molecule has 0 bridgehead atoms. The predicted molar refractivity (Wildman–Crippen MR) is 130 cm³/mol. The van der Waals surface area contributed by atoms with Crippen molar-refractivity contribution in [3.05, 3.63) is 59.7 Å². The SMILES string of the molecule is CC(C)(C)[C@@H](CN[C@@H]1C[C@H]1c1ccc(-c2cccc(C(F)(F)F)c2)cc1)OC(=O)NC1CCNC1. The van der Waals surface area contributed by atoms with Crippen LogP contribution in [0.4, 0.5) is 18.0 Å². The summed E-state index contributed by atoms with van der Waals surface area (Å²) in [4.78, 5) is 12.4. The predicted octanol–water partition coefficient (Wildman–Crippen LogP) is 5.32. The quantitative estimate of drug-likeness (QED) is 0.493. The lowest BCUT2D eigenvalue weighted by Gasteiger charge is -2.31. The molecule has 5 nitrogen and oxygen atoms in total. The molecule has 2 aliphatic rings. The molecule has 1 saturated heterocycles. The second-order valence-corrected chi connectivity index (χ2v) is 10.7. The highest BCUT2D eigenvalue weighted by Gasteiger charge is 2.40. The Hall–Kier alpha value is -2.58. The van der Waals surface area contributed by atoms with Crippen LogP contribution in [-0.4, -0.2) is 43.9 Å². The summed E-state index contributed by atoms with van der Waals surface area (Å²) >= 11 is 0. The van der Waals surface area contributed by atoms with Crippen molar-refractivity contribution in [1.82, 2.24) is 16.0 Å². The van der Waals surface area contributed by atoms with Crippen molar-refractivity contribution in [2.45, 2.75) is 63.9 Å². The van der Waals surface area contributed by atoms with Crippen LogP contribution in [0, 0.1) is 5.41 Å². The van der Waals surface area contributed by atoms with Crippen LogP contribution in [0.1, 0.15) is 50.7 Å². The number of alkyl halides is 3. The van der Waals surface area contributed by atoms with E-state index in [-0.39, 0.29) is 29.7 Å². The number of nitrogens with one attached hydrogen (secondary N) is 3. The first-order valence-corrected chi connectivity index (χ1v) is 12.2. The normalized spacial score (nSPS) is 23.1. The molecule has 4 atom stereocenters. The summed E-state index contributed by atoms with van der Waals surface area (Å²) in [7, 11) is 0. The van der Waals surface area contributed by atoms with Crippen LogP contribution in [-0.2, 0) is 10.9 Å². The first-order valence-electron chi connectivity index (χ1n) is 12.2. The molecular formula is C27H34F3N3O2. The van der Waals surface area contributed by atoms with Gasteiger partial charge in [0.25, 0.3) is 0 Å². The van der Waals surface area contributed by atoms with Crippen LogP contribution in [0.15, 0.2) is 48.5 Å². The van der Waals surface area contributed by atoms with Crippen LogP contribution in [0.2, 0.25) is 0 Å². The zero-order valence-electron chi connectivity index (χ0n) is 20.4. The molecule has 1 heterocycles. The highest BCUT2D eigenvalue weighted by atomic mass is 19.4. The van der Waals surface area contributed by atoms with E-state index in [4.69, 9.17) is 4.74 Å². The van der Waals surface area contributed by atoms with Gasteiger partial charge in [0.15, 0.2) is 0 Å². The second-order valence-electron chi connectivity index (χ2n) is 10.7. The molecule has 2 aromatic carbocycles. The molecule has 1 aliphatic carbocycles. The van der Waals surface area contributed by atoms with E-state index in [9.17, 15) is 18.0 Å². The molecule has 2 fully saturated rings. The van der Waals surface area contributed by atoms with Gasteiger partial charge in [-0.2, -0.15) is 13.2 Å². The molecule has 1 saturated carbocycles. The molecule has 0 spiro atoms. The number of amides is 1. The first-order chi connectivity index (χ1) is 16.5. The van der Waals surface area contributed by atoms with Gasteiger partial charge in [0.05, 0.1) is 5.56 Å². The number of halogens is 3. The summed E-state index contributed by atoms with van der Waals surface area (Å²) < 4.78 is 44.9. The summed E-state index contributed by atoms with van der Waals surface area (Å²) in [5.41, 5.74) is 1.60. The van der Waals surface area contributed by atoms with Crippen LogP contribution in [0.25, 0.3) is 11.1 Å². The Bertz CT molecular complexity index is 1010. The van der Waals surface area contributed by atoms with Gasteiger partial charge in [0, 0.05) is 36.5 Å². The highest BCUT2D eigenvalue weighted by Crippen LogP contribution is 2.42. The number of benzene rings is 2. The Balaban J connectivity index is 1.31. The standard InChI is InChI=1S/C27H34F3N3O2/c1-26(2,3)24(35-25(34)33-21-11-12-31-15-21)16-32-23-14-22(23)18-9-7-17(8-10-18)19-5-4-6-20(13-19)27(28,29)30/h4-10,13,21-24,31-32H,11-12,14-16H2,1-3H3,(H,33,34)/t21?,22-,23+,24+/m0/s1. The van der Waals surface area contributed by atoms with Gasteiger partial charge < -0.3 is 20.7 Å². The molecule has 190 valence electrons. The lowest BCUT2D eigenvalue weighted by atomic mass is 9.89. The fourth-order valence-corrected chi connectivity index (χ4v) is 4.48.